The van der Waals surface area contributed by atoms with E-state index in [4.69, 9.17) is 4.74 Å². The van der Waals surface area contributed by atoms with E-state index in [1.54, 1.807) is 11.3 Å². The summed E-state index contributed by atoms with van der Waals surface area (Å²) in [6, 6.07) is 3.86. The van der Waals surface area contributed by atoms with Crippen molar-refractivity contribution in [3.8, 4) is 0 Å². The molecule has 0 aromatic carbocycles. The van der Waals surface area contributed by atoms with Crippen LogP contribution in [0.25, 0.3) is 0 Å². The molecule has 2 nitrogen and oxygen atoms in total. The van der Waals surface area contributed by atoms with Crippen LogP contribution in [-0.2, 0) is 4.74 Å². The van der Waals surface area contributed by atoms with Gasteiger partial charge >= 0.3 is 0 Å². The summed E-state index contributed by atoms with van der Waals surface area (Å²) in [7, 11) is 0. The minimum atomic E-state index is 0.105. The van der Waals surface area contributed by atoms with Crippen LogP contribution in [0, 0.1) is 6.92 Å². The lowest BCUT2D eigenvalue weighted by Gasteiger charge is -2.11. The van der Waals surface area contributed by atoms with Gasteiger partial charge in [0.05, 0.1) is 11.0 Å². The van der Waals surface area contributed by atoms with E-state index < -0.39 is 0 Å². The van der Waals surface area contributed by atoms with Crippen molar-refractivity contribution >= 4 is 17.1 Å². The van der Waals surface area contributed by atoms with Crippen LogP contribution in [0.5, 0.6) is 0 Å². The van der Waals surface area contributed by atoms with Crippen molar-refractivity contribution < 1.29 is 9.53 Å². The van der Waals surface area contributed by atoms with E-state index in [0.29, 0.717) is 0 Å². The lowest BCUT2D eigenvalue weighted by atomic mass is 10.1. The molecule has 0 fully saturated rings. The molecule has 0 saturated carbocycles. The van der Waals surface area contributed by atoms with Gasteiger partial charge in [-0.3, -0.25) is 4.79 Å². The third-order valence-corrected chi connectivity index (χ3v) is 4.02. The van der Waals surface area contributed by atoms with E-state index in [-0.39, 0.29) is 18.5 Å². The van der Waals surface area contributed by atoms with Gasteiger partial charge in [0.2, 0.25) is 0 Å². The molecule has 1 aromatic rings. The van der Waals surface area contributed by atoms with E-state index in [2.05, 4.69) is 13.8 Å². The fourth-order valence-electron chi connectivity index (χ4n) is 1.82. The molecule has 3 heteroatoms. The molecule has 1 unspecified atom stereocenters. The predicted molar refractivity (Wildman–Crippen MR) is 77.6 cm³/mol. The molecule has 0 aliphatic rings. The monoisotopic (exact) mass is 268 g/mol. The van der Waals surface area contributed by atoms with Gasteiger partial charge < -0.3 is 4.74 Å². The first-order valence-electron chi connectivity index (χ1n) is 6.84. The Morgan fingerprint density at radius 3 is 2.72 bits per heavy atom. The average molecular weight is 268 g/mol. The zero-order valence-electron chi connectivity index (χ0n) is 11.7. The van der Waals surface area contributed by atoms with E-state index in [1.165, 1.54) is 30.6 Å². The fourth-order valence-corrected chi connectivity index (χ4v) is 2.61. The fraction of sp³-hybridized carbons (Fsp3) is 0.667. The maximum atomic E-state index is 11.8. The molecule has 0 radical (unpaired) electrons. The van der Waals surface area contributed by atoms with Gasteiger partial charge in [-0.05, 0) is 32.4 Å². The lowest BCUT2D eigenvalue weighted by Crippen LogP contribution is -2.15. The number of ketones is 1. The number of aryl methyl sites for hydroxylation is 1. The molecule has 0 N–H and O–H groups in total. The molecule has 0 spiro atoms. The van der Waals surface area contributed by atoms with Crippen LogP contribution in [0.3, 0.4) is 0 Å². The Morgan fingerprint density at radius 2 is 2.11 bits per heavy atom. The van der Waals surface area contributed by atoms with Gasteiger partial charge in [-0.2, -0.15) is 0 Å². The summed E-state index contributed by atoms with van der Waals surface area (Å²) in [6.45, 7) is 6.49. The van der Waals surface area contributed by atoms with Gasteiger partial charge in [-0.15, -0.1) is 11.3 Å². The Bertz CT molecular complexity index is 357. The molecule has 1 heterocycles. The first kappa shape index (κ1) is 15.4. The maximum Gasteiger partial charge on any atom is 0.198 e. The number of thiophene rings is 1. The van der Waals surface area contributed by atoms with Gasteiger partial charge in [0.25, 0.3) is 0 Å². The average Bonchev–Trinajstić information content (AvgIpc) is 2.78. The second-order valence-corrected chi connectivity index (χ2v) is 6.09. The summed E-state index contributed by atoms with van der Waals surface area (Å²) < 4.78 is 5.60. The summed E-state index contributed by atoms with van der Waals surface area (Å²) in [5.41, 5.74) is 0. The summed E-state index contributed by atoms with van der Waals surface area (Å²) in [5, 5.41) is 0. The Morgan fingerprint density at radius 1 is 1.33 bits per heavy atom. The van der Waals surface area contributed by atoms with Crippen molar-refractivity contribution in [3.63, 3.8) is 0 Å². The molecule has 102 valence electrons. The first-order valence-corrected chi connectivity index (χ1v) is 7.66. The van der Waals surface area contributed by atoms with Crippen molar-refractivity contribution in [3.05, 3.63) is 21.9 Å². The normalized spacial score (nSPS) is 12.6. The Kier molecular flexibility index (Phi) is 7.21. The number of hydrogen-bond donors (Lipinski definition) is 0. The Hall–Kier alpha value is -0.670. The summed E-state index contributed by atoms with van der Waals surface area (Å²) >= 11 is 1.54. The van der Waals surface area contributed by atoms with E-state index in [9.17, 15) is 4.79 Å². The van der Waals surface area contributed by atoms with Gasteiger partial charge in [0.1, 0.15) is 6.61 Å². The highest BCUT2D eigenvalue weighted by Crippen LogP contribution is 2.16. The third-order valence-electron chi connectivity index (χ3n) is 2.98. The molecule has 0 saturated heterocycles. The first-order chi connectivity index (χ1) is 8.63. The molecule has 1 aromatic heterocycles. The quantitative estimate of drug-likeness (QED) is 0.483. The molecule has 18 heavy (non-hydrogen) atoms. The van der Waals surface area contributed by atoms with Crippen LogP contribution >= 0.6 is 11.3 Å². The minimum absolute atomic E-state index is 0.105. The standard InChI is InChI=1S/C15H24O2S/c1-4-5-6-7-8-12(2)17-11-14(16)15-10-9-13(3)18-15/h9-10,12H,4-8,11H2,1-3H3. The summed E-state index contributed by atoms with van der Waals surface area (Å²) in [4.78, 5) is 13.8. The minimum Gasteiger partial charge on any atom is -0.370 e. The van der Waals surface area contributed by atoms with E-state index in [1.807, 2.05) is 19.1 Å². The zero-order chi connectivity index (χ0) is 13.4. The maximum absolute atomic E-state index is 11.8. The third kappa shape index (κ3) is 5.78. The molecule has 1 rings (SSSR count). The number of carbonyl (C=O) groups excluding carboxylic acids is 1. The van der Waals surface area contributed by atoms with Gasteiger partial charge in [-0.1, -0.05) is 32.6 Å². The van der Waals surface area contributed by atoms with E-state index in [0.717, 1.165) is 11.3 Å². The number of carbonyl (C=O) groups is 1. The SMILES string of the molecule is CCCCCCC(C)OCC(=O)c1ccc(C)s1. The second-order valence-electron chi connectivity index (χ2n) is 4.80. The molecule has 0 aliphatic carbocycles. The molecular formula is C15H24O2S. The molecule has 0 aliphatic heterocycles. The molecule has 1 atom stereocenters. The van der Waals surface area contributed by atoms with Crippen molar-refractivity contribution in [2.45, 2.75) is 59.0 Å². The summed E-state index contributed by atoms with van der Waals surface area (Å²) in [5.74, 6) is 0.105. The van der Waals surface area contributed by atoms with Gasteiger partial charge in [0.15, 0.2) is 5.78 Å². The number of rotatable bonds is 9. The number of Topliss-reactive ketones (excluding diaryl/α,β-unsaturated/α-hetero) is 1. The van der Waals surface area contributed by atoms with Crippen molar-refractivity contribution in [2.24, 2.45) is 0 Å². The van der Waals surface area contributed by atoms with Crippen molar-refractivity contribution in [2.75, 3.05) is 6.61 Å². The smallest absolute Gasteiger partial charge is 0.198 e. The second kappa shape index (κ2) is 8.44. The molecular weight excluding hydrogens is 244 g/mol. The van der Waals surface area contributed by atoms with Crippen LogP contribution in [0.2, 0.25) is 0 Å². The largest absolute Gasteiger partial charge is 0.370 e. The number of ether oxygens (including phenoxy) is 1. The highest BCUT2D eigenvalue weighted by atomic mass is 32.1. The zero-order valence-corrected chi connectivity index (χ0v) is 12.5. The predicted octanol–water partition coefficient (Wildman–Crippen LogP) is 4.61. The Balaban J connectivity index is 2.18. The van der Waals surface area contributed by atoms with Crippen molar-refractivity contribution in [1.82, 2.24) is 0 Å². The number of unbranched alkanes of at least 4 members (excludes halogenated alkanes) is 3. The van der Waals surface area contributed by atoms with Crippen LogP contribution in [0.4, 0.5) is 0 Å². The highest BCUT2D eigenvalue weighted by molar-refractivity contribution is 7.14. The molecule has 0 bridgehead atoms. The number of hydrogen-bond acceptors (Lipinski definition) is 3. The lowest BCUT2D eigenvalue weighted by molar-refractivity contribution is 0.0486. The van der Waals surface area contributed by atoms with Crippen molar-refractivity contribution in [1.29, 1.82) is 0 Å². The highest BCUT2D eigenvalue weighted by Gasteiger charge is 2.10. The molecule has 0 amide bonds. The van der Waals surface area contributed by atoms with Crippen LogP contribution in [-0.4, -0.2) is 18.5 Å². The summed E-state index contributed by atoms with van der Waals surface area (Å²) in [6.07, 6.45) is 6.25. The Labute approximate surface area is 114 Å². The van der Waals surface area contributed by atoms with Crippen LogP contribution in [0.1, 0.15) is 60.5 Å². The van der Waals surface area contributed by atoms with Crippen LogP contribution < -0.4 is 0 Å². The van der Waals surface area contributed by atoms with Gasteiger partial charge in [0, 0.05) is 4.88 Å². The van der Waals surface area contributed by atoms with Gasteiger partial charge in [-0.25, -0.2) is 0 Å². The van der Waals surface area contributed by atoms with E-state index >= 15 is 0 Å². The van der Waals surface area contributed by atoms with Crippen LogP contribution in [0.15, 0.2) is 12.1 Å². The topological polar surface area (TPSA) is 26.3 Å².